The highest BCUT2D eigenvalue weighted by Gasteiger charge is 2.26. The number of benzene rings is 1. The summed E-state index contributed by atoms with van der Waals surface area (Å²) >= 11 is 0. The number of halogens is 4. The van der Waals surface area contributed by atoms with Crippen LogP contribution < -0.4 is 0 Å². The molecule has 1 heterocycles. The predicted octanol–water partition coefficient (Wildman–Crippen LogP) is 4.11. The predicted molar refractivity (Wildman–Crippen MR) is 65.0 cm³/mol. The lowest BCUT2D eigenvalue weighted by molar-refractivity contribution is -0.184. The summed E-state index contributed by atoms with van der Waals surface area (Å²) in [5, 5.41) is 0. The van der Waals surface area contributed by atoms with Crippen molar-refractivity contribution in [3.63, 3.8) is 0 Å². The van der Waals surface area contributed by atoms with Gasteiger partial charge in [0, 0.05) is 11.6 Å². The summed E-state index contributed by atoms with van der Waals surface area (Å²) in [6.45, 7) is -1.36. The van der Waals surface area contributed by atoms with E-state index in [0.717, 1.165) is 12.1 Å². The van der Waals surface area contributed by atoms with Crippen molar-refractivity contribution in [2.75, 3.05) is 0 Å². The van der Waals surface area contributed by atoms with Crippen LogP contribution in [0.15, 0.2) is 24.5 Å². The molecule has 0 spiro atoms. The molecule has 0 unspecified atom stereocenters. The Balaban J connectivity index is 2.05. The van der Waals surface area contributed by atoms with Crippen molar-refractivity contribution in [1.29, 1.82) is 0 Å². The highest BCUT2D eigenvalue weighted by molar-refractivity contribution is 5.65. The van der Waals surface area contributed by atoms with Crippen LogP contribution >= 0.6 is 0 Å². The molecule has 0 saturated heterocycles. The lowest BCUT2D eigenvalue weighted by Gasteiger charge is -2.28. The largest absolute Gasteiger partial charge is 0.495 e. The normalized spacial score (nSPS) is 20.5. The minimum atomic E-state index is -2.85. The minimum absolute atomic E-state index is 0.257. The number of hydrogen-bond acceptors (Lipinski definition) is 2. The monoisotopic (exact) mass is 290 g/mol. The fourth-order valence-corrected chi connectivity index (χ4v) is 2.14. The Hall–Kier alpha value is -1.56. The molecule has 1 aromatic rings. The Morgan fingerprint density at radius 2 is 2.05 bits per heavy atom. The molecule has 2 atom stereocenters. The van der Waals surface area contributed by atoms with Gasteiger partial charge in [-0.1, -0.05) is 0 Å². The lowest BCUT2D eigenvalue weighted by atomic mass is 9.96. The van der Waals surface area contributed by atoms with E-state index in [-0.39, 0.29) is 5.56 Å². The molecular formula is C14H14F4O2. The Bertz CT molecular complexity index is 502. The van der Waals surface area contributed by atoms with E-state index in [2.05, 4.69) is 4.74 Å². The van der Waals surface area contributed by atoms with E-state index in [9.17, 15) is 17.6 Å². The summed E-state index contributed by atoms with van der Waals surface area (Å²) in [6.07, 6.45) is 0.943. The van der Waals surface area contributed by atoms with Gasteiger partial charge in [-0.05, 0) is 37.5 Å². The molecule has 110 valence electrons. The second-order valence-corrected chi connectivity index (χ2v) is 4.58. The van der Waals surface area contributed by atoms with Crippen molar-refractivity contribution in [1.82, 2.24) is 0 Å². The van der Waals surface area contributed by atoms with E-state index in [0.29, 0.717) is 18.4 Å². The summed E-state index contributed by atoms with van der Waals surface area (Å²) in [7, 11) is 0. The highest BCUT2D eigenvalue weighted by atomic mass is 19.3. The fourth-order valence-electron chi connectivity index (χ4n) is 2.14. The van der Waals surface area contributed by atoms with Crippen molar-refractivity contribution < 1.29 is 27.0 Å². The molecule has 0 aromatic heterocycles. The third kappa shape index (κ3) is 3.50. The number of ether oxygens (including phenoxy) is 2. The molecule has 1 aromatic carbocycles. The van der Waals surface area contributed by atoms with Crippen LogP contribution in [0.4, 0.5) is 17.6 Å². The molecule has 0 saturated carbocycles. The van der Waals surface area contributed by atoms with Gasteiger partial charge >= 0.3 is 6.61 Å². The maximum absolute atomic E-state index is 13.6. The summed E-state index contributed by atoms with van der Waals surface area (Å²) in [6, 6.07) is 3.29. The number of alkyl halides is 2. The Labute approximate surface area is 114 Å². The quantitative estimate of drug-likeness (QED) is 0.777. The fraction of sp³-hybridized carbons (Fsp3) is 0.429. The van der Waals surface area contributed by atoms with Gasteiger partial charge in [0.25, 0.3) is 0 Å². The van der Waals surface area contributed by atoms with Gasteiger partial charge in [-0.25, -0.2) is 8.78 Å². The summed E-state index contributed by atoms with van der Waals surface area (Å²) in [5.41, 5.74) is 0.829. The molecule has 0 N–H and O–H groups in total. The smallest absolute Gasteiger partial charge is 0.345 e. The molecule has 20 heavy (non-hydrogen) atoms. The second-order valence-electron chi connectivity index (χ2n) is 4.58. The molecular weight excluding hydrogens is 276 g/mol. The van der Waals surface area contributed by atoms with Crippen molar-refractivity contribution >= 4 is 5.57 Å². The zero-order valence-electron chi connectivity index (χ0n) is 10.8. The van der Waals surface area contributed by atoms with Gasteiger partial charge in [-0.3, -0.25) is 0 Å². The van der Waals surface area contributed by atoms with Gasteiger partial charge < -0.3 is 9.47 Å². The minimum Gasteiger partial charge on any atom is -0.495 e. The Kier molecular flexibility index (Phi) is 4.65. The average Bonchev–Trinajstić information content (AvgIpc) is 2.38. The summed E-state index contributed by atoms with van der Waals surface area (Å²) in [5.74, 6) is -1.32. The van der Waals surface area contributed by atoms with E-state index in [1.165, 1.54) is 19.3 Å². The molecule has 0 amide bonds. The first kappa shape index (κ1) is 14.8. The summed E-state index contributed by atoms with van der Waals surface area (Å²) in [4.78, 5) is 0. The average molecular weight is 290 g/mol. The van der Waals surface area contributed by atoms with Crippen LogP contribution in [-0.2, 0) is 9.47 Å². The molecule has 2 nitrogen and oxygen atoms in total. The van der Waals surface area contributed by atoms with Crippen molar-refractivity contribution in [3.05, 3.63) is 41.7 Å². The van der Waals surface area contributed by atoms with Gasteiger partial charge in [-0.15, -0.1) is 0 Å². The van der Waals surface area contributed by atoms with Gasteiger partial charge in [0.1, 0.15) is 17.7 Å². The van der Waals surface area contributed by atoms with Crippen LogP contribution in [0.3, 0.4) is 0 Å². The van der Waals surface area contributed by atoms with Gasteiger partial charge in [-0.2, -0.15) is 8.78 Å². The maximum Gasteiger partial charge on any atom is 0.345 e. The van der Waals surface area contributed by atoms with Crippen molar-refractivity contribution in [3.8, 4) is 0 Å². The van der Waals surface area contributed by atoms with E-state index in [1.807, 2.05) is 0 Å². The SMILES string of the molecule is C[C@H](OC(F)F)[C@H]1CCC(c2ccc(F)cc2F)=CO1. The number of rotatable bonds is 4. The number of hydrogen-bond donors (Lipinski definition) is 0. The van der Waals surface area contributed by atoms with E-state index in [4.69, 9.17) is 4.74 Å². The topological polar surface area (TPSA) is 18.5 Å². The first-order valence-corrected chi connectivity index (χ1v) is 6.21. The zero-order valence-corrected chi connectivity index (χ0v) is 10.8. The van der Waals surface area contributed by atoms with Crippen LogP contribution in [0.25, 0.3) is 5.57 Å². The van der Waals surface area contributed by atoms with Crippen LogP contribution in [0, 0.1) is 11.6 Å². The third-order valence-electron chi connectivity index (χ3n) is 3.20. The van der Waals surface area contributed by atoms with Crippen molar-refractivity contribution in [2.24, 2.45) is 0 Å². The lowest BCUT2D eigenvalue weighted by Crippen LogP contribution is -2.31. The number of allylic oxidation sites excluding steroid dienone is 1. The molecule has 1 aliphatic heterocycles. The molecule has 0 bridgehead atoms. The van der Waals surface area contributed by atoms with Crippen LogP contribution in [-0.4, -0.2) is 18.8 Å². The van der Waals surface area contributed by atoms with Gasteiger partial charge in [0.05, 0.1) is 12.4 Å². The van der Waals surface area contributed by atoms with E-state index in [1.54, 1.807) is 0 Å². The Morgan fingerprint density at radius 1 is 1.30 bits per heavy atom. The molecule has 2 rings (SSSR count). The van der Waals surface area contributed by atoms with E-state index >= 15 is 0 Å². The second kappa shape index (κ2) is 6.26. The van der Waals surface area contributed by atoms with E-state index < -0.39 is 30.5 Å². The molecule has 6 heteroatoms. The molecule has 0 aliphatic carbocycles. The molecule has 0 radical (unpaired) electrons. The molecule has 0 fully saturated rings. The van der Waals surface area contributed by atoms with Crippen LogP contribution in [0.1, 0.15) is 25.3 Å². The third-order valence-corrected chi connectivity index (χ3v) is 3.20. The first-order valence-electron chi connectivity index (χ1n) is 6.21. The van der Waals surface area contributed by atoms with Crippen LogP contribution in [0.5, 0.6) is 0 Å². The zero-order chi connectivity index (χ0) is 14.7. The van der Waals surface area contributed by atoms with Gasteiger partial charge in [0.15, 0.2) is 0 Å². The van der Waals surface area contributed by atoms with Crippen molar-refractivity contribution in [2.45, 2.75) is 38.6 Å². The summed E-state index contributed by atoms with van der Waals surface area (Å²) < 4.78 is 60.3. The first-order chi connectivity index (χ1) is 9.47. The molecule has 1 aliphatic rings. The standard InChI is InChI=1S/C14H14F4O2/c1-8(20-14(17)18)13-5-2-9(7-19-13)11-4-3-10(15)6-12(11)16/h3-4,6-8,13-14H,2,5H2,1H3/t8-,13+/m0/s1. The van der Waals surface area contributed by atoms with Crippen LogP contribution in [0.2, 0.25) is 0 Å². The highest BCUT2D eigenvalue weighted by Crippen LogP contribution is 2.30. The Morgan fingerprint density at radius 3 is 2.60 bits per heavy atom. The maximum atomic E-state index is 13.6. The van der Waals surface area contributed by atoms with Gasteiger partial charge in [0.2, 0.25) is 0 Å².